The molecule has 10 nitrogen and oxygen atoms in total. The molecular weight excluding hydrogens is 486 g/mol. The molecule has 2 saturated heterocycles. The molecular formula is C28H37N5O5. The Bertz CT molecular complexity index is 1240. The van der Waals surface area contributed by atoms with Crippen LogP contribution in [0.1, 0.15) is 25.3 Å². The molecule has 38 heavy (non-hydrogen) atoms. The number of aromatic hydroxyl groups is 1. The van der Waals surface area contributed by atoms with E-state index in [2.05, 4.69) is 15.1 Å². The van der Waals surface area contributed by atoms with E-state index < -0.39 is 0 Å². The number of aromatic nitrogens is 2. The van der Waals surface area contributed by atoms with Crippen LogP contribution >= 0.6 is 0 Å². The van der Waals surface area contributed by atoms with Gasteiger partial charge in [-0.05, 0) is 43.5 Å². The van der Waals surface area contributed by atoms with Crippen LogP contribution in [0.25, 0.3) is 10.9 Å². The zero-order chi connectivity index (χ0) is 26.5. The molecule has 2 aliphatic heterocycles. The number of hydrogen-bond acceptors (Lipinski definition) is 10. The summed E-state index contributed by atoms with van der Waals surface area (Å²) in [4.78, 5) is 14.5. The van der Waals surface area contributed by atoms with E-state index in [0.717, 1.165) is 67.8 Å². The van der Waals surface area contributed by atoms with Crippen LogP contribution in [-0.4, -0.2) is 86.2 Å². The van der Waals surface area contributed by atoms with E-state index in [4.69, 9.17) is 28.9 Å². The molecule has 5 rings (SSSR count). The second-order valence-electron chi connectivity index (χ2n) is 9.62. The van der Waals surface area contributed by atoms with E-state index in [-0.39, 0.29) is 11.8 Å². The van der Waals surface area contributed by atoms with E-state index in [9.17, 15) is 5.11 Å². The summed E-state index contributed by atoms with van der Waals surface area (Å²) in [5.41, 5.74) is 1.95. The van der Waals surface area contributed by atoms with Crippen molar-refractivity contribution in [1.29, 1.82) is 0 Å². The molecule has 0 saturated carbocycles. The first-order chi connectivity index (χ1) is 18.6. The average Bonchev–Trinajstić information content (AvgIpc) is 2.95. The van der Waals surface area contributed by atoms with Crippen LogP contribution in [0, 0.1) is 0 Å². The highest BCUT2D eigenvalue weighted by Crippen LogP contribution is 2.36. The second kappa shape index (κ2) is 11.9. The highest BCUT2D eigenvalue weighted by Gasteiger charge is 2.23. The van der Waals surface area contributed by atoms with Crippen LogP contribution in [0.2, 0.25) is 0 Å². The molecule has 1 aromatic heterocycles. The van der Waals surface area contributed by atoms with Crippen molar-refractivity contribution < 1.29 is 24.1 Å². The molecule has 0 unspecified atom stereocenters. The number of hydrogen-bond donors (Lipinski definition) is 2. The summed E-state index contributed by atoms with van der Waals surface area (Å²) in [6.45, 7) is 8.08. The normalized spacial score (nSPS) is 17.0. The lowest BCUT2D eigenvalue weighted by molar-refractivity contribution is 0.122. The van der Waals surface area contributed by atoms with Crippen LogP contribution in [0.4, 0.5) is 11.8 Å². The predicted molar refractivity (Wildman–Crippen MR) is 147 cm³/mol. The number of piperidine rings is 1. The topological polar surface area (TPSA) is 101 Å². The van der Waals surface area contributed by atoms with Gasteiger partial charge in [0.05, 0.1) is 39.6 Å². The SMILES string of the molecule is CCOc1cc(CN2CCC(Nc3nc(N4CCOCC4)c4cc(OC)c(OC)cc4n3)CC2)ccc1O. The zero-order valence-corrected chi connectivity index (χ0v) is 22.4. The fourth-order valence-electron chi connectivity index (χ4n) is 5.12. The van der Waals surface area contributed by atoms with Crippen LogP contribution in [0.15, 0.2) is 30.3 Å². The molecule has 0 aliphatic carbocycles. The first-order valence-corrected chi connectivity index (χ1v) is 13.3. The number of ether oxygens (including phenoxy) is 4. The van der Waals surface area contributed by atoms with Crippen molar-refractivity contribution in [2.45, 2.75) is 32.4 Å². The van der Waals surface area contributed by atoms with Crippen molar-refractivity contribution in [2.75, 3.05) is 70.4 Å². The van der Waals surface area contributed by atoms with Gasteiger partial charge in [-0.2, -0.15) is 4.98 Å². The first kappa shape index (κ1) is 26.1. The van der Waals surface area contributed by atoms with E-state index in [1.807, 2.05) is 31.2 Å². The largest absolute Gasteiger partial charge is 0.504 e. The molecule has 0 atom stereocenters. The summed E-state index contributed by atoms with van der Waals surface area (Å²) in [6, 6.07) is 9.76. The molecule has 0 amide bonds. The molecule has 204 valence electrons. The number of phenols is 1. The number of nitrogens with zero attached hydrogens (tertiary/aromatic N) is 4. The monoisotopic (exact) mass is 523 g/mol. The molecule has 2 aromatic carbocycles. The second-order valence-corrected chi connectivity index (χ2v) is 9.62. The quantitative estimate of drug-likeness (QED) is 0.432. The maximum Gasteiger partial charge on any atom is 0.225 e. The number of methoxy groups -OCH3 is 2. The third-order valence-corrected chi connectivity index (χ3v) is 7.14. The summed E-state index contributed by atoms with van der Waals surface area (Å²) in [6.07, 6.45) is 1.97. The Labute approximate surface area is 223 Å². The van der Waals surface area contributed by atoms with Crippen LogP contribution in [-0.2, 0) is 11.3 Å². The Balaban J connectivity index is 1.30. The summed E-state index contributed by atoms with van der Waals surface area (Å²) in [5, 5.41) is 14.5. The van der Waals surface area contributed by atoms with Gasteiger partial charge >= 0.3 is 0 Å². The molecule has 2 aliphatic rings. The van der Waals surface area contributed by atoms with Gasteiger partial charge < -0.3 is 34.3 Å². The number of rotatable bonds is 9. The smallest absolute Gasteiger partial charge is 0.225 e. The Morgan fingerprint density at radius 3 is 2.42 bits per heavy atom. The predicted octanol–water partition coefficient (Wildman–Crippen LogP) is 3.66. The maximum absolute atomic E-state index is 9.99. The molecule has 3 heterocycles. The van der Waals surface area contributed by atoms with Gasteiger partial charge in [-0.25, -0.2) is 4.98 Å². The van der Waals surface area contributed by atoms with Gasteiger partial charge in [-0.15, -0.1) is 0 Å². The molecule has 10 heteroatoms. The fourth-order valence-corrected chi connectivity index (χ4v) is 5.12. The number of morpholine rings is 1. The van der Waals surface area contributed by atoms with Gasteiger partial charge in [-0.1, -0.05) is 6.07 Å². The molecule has 0 radical (unpaired) electrons. The van der Waals surface area contributed by atoms with Crippen molar-refractivity contribution >= 4 is 22.7 Å². The van der Waals surface area contributed by atoms with E-state index >= 15 is 0 Å². The molecule has 3 aromatic rings. The van der Waals surface area contributed by atoms with E-state index in [0.29, 0.717) is 43.0 Å². The Morgan fingerprint density at radius 2 is 1.71 bits per heavy atom. The lowest BCUT2D eigenvalue weighted by Crippen LogP contribution is -2.39. The summed E-state index contributed by atoms with van der Waals surface area (Å²) >= 11 is 0. The number of benzene rings is 2. The maximum atomic E-state index is 9.99. The molecule has 0 spiro atoms. The third kappa shape index (κ3) is 5.81. The number of fused-ring (bicyclic) bond motifs is 1. The number of likely N-dealkylation sites (tertiary alicyclic amines) is 1. The lowest BCUT2D eigenvalue weighted by Gasteiger charge is -2.33. The summed E-state index contributed by atoms with van der Waals surface area (Å²) in [7, 11) is 3.28. The van der Waals surface area contributed by atoms with Crippen molar-refractivity contribution in [3.63, 3.8) is 0 Å². The van der Waals surface area contributed by atoms with Crippen molar-refractivity contribution in [2.24, 2.45) is 0 Å². The van der Waals surface area contributed by atoms with Gasteiger partial charge in [0.15, 0.2) is 23.0 Å². The molecule has 2 N–H and O–H groups in total. The zero-order valence-electron chi connectivity index (χ0n) is 22.4. The average molecular weight is 524 g/mol. The number of anilines is 2. The molecule has 0 bridgehead atoms. The van der Waals surface area contributed by atoms with Crippen LogP contribution in [0.5, 0.6) is 23.0 Å². The minimum absolute atomic E-state index is 0.182. The highest BCUT2D eigenvalue weighted by molar-refractivity contribution is 5.93. The minimum atomic E-state index is 0.182. The third-order valence-electron chi connectivity index (χ3n) is 7.14. The van der Waals surface area contributed by atoms with Crippen molar-refractivity contribution in [3.8, 4) is 23.0 Å². The summed E-state index contributed by atoms with van der Waals surface area (Å²) < 4.78 is 22.2. The molecule has 2 fully saturated rings. The van der Waals surface area contributed by atoms with Gasteiger partial charge in [0.1, 0.15) is 5.82 Å². The Hall–Kier alpha value is -3.50. The summed E-state index contributed by atoms with van der Waals surface area (Å²) in [5.74, 6) is 3.55. The van der Waals surface area contributed by atoms with Gasteiger partial charge in [0, 0.05) is 50.2 Å². The van der Waals surface area contributed by atoms with Gasteiger partial charge in [-0.3, -0.25) is 4.90 Å². The lowest BCUT2D eigenvalue weighted by atomic mass is 10.0. The van der Waals surface area contributed by atoms with Crippen LogP contribution in [0.3, 0.4) is 0 Å². The first-order valence-electron chi connectivity index (χ1n) is 13.3. The fraction of sp³-hybridized carbons (Fsp3) is 0.500. The highest BCUT2D eigenvalue weighted by atomic mass is 16.5. The standard InChI is InChI=1S/C28H37N5O5/c1-4-38-24-15-19(5-6-23(24)34)18-32-9-7-20(8-10-32)29-28-30-22-17-26(36-3)25(35-2)16-21(22)27(31-28)33-11-13-37-14-12-33/h5-6,15-17,20,34H,4,7-14,18H2,1-3H3,(H,29,30,31). The van der Waals surface area contributed by atoms with E-state index in [1.165, 1.54) is 0 Å². The van der Waals surface area contributed by atoms with Gasteiger partial charge in [0.25, 0.3) is 0 Å². The number of phenolic OH excluding ortho intramolecular Hbond substituents is 1. The minimum Gasteiger partial charge on any atom is -0.504 e. The van der Waals surface area contributed by atoms with E-state index in [1.54, 1.807) is 20.3 Å². The van der Waals surface area contributed by atoms with Gasteiger partial charge in [0.2, 0.25) is 5.95 Å². The Kier molecular flexibility index (Phi) is 8.19. The number of nitrogens with one attached hydrogen (secondary N) is 1. The Morgan fingerprint density at radius 1 is 0.974 bits per heavy atom. The van der Waals surface area contributed by atoms with Crippen LogP contribution < -0.4 is 24.4 Å². The van der Waals surface area contributed by atoms with Crippen molar-refractivity contribution in [1.82, 2.24) is 14.9 Å². The van der Waals surface area contributed by atoms with Crippen molar-refractivity contribution in [3.05, 3.63) is 35.9 Å².